The second-order valence-corrected chi connectivity index (χ2v) is 9.09. The van der Waals surface area contributed by atoms with Crippen molar-refractivity contribution in [2.75, 3.05) is 11.9 Å². The van der Waals surface area contributed by atoms with Crippen molar-refractivity contribution in [2.45, 2.75) is 30.6 Å². The molecule has 186 valence electrons. The SMILES string of the molecule is CC(O)C(NS(=O)(=O)c1ccc2ccccc2c1)C(=O)OCC(=O)Nc1ccccc1OC(F)F. The minimum Gasteiger partial charge on any atom is -0.454 e. The van der Waals surface area contributed by atoms with Gasteiger partial charge in [0.1, 0.15) is 11.8 Å². The maximum absolute atomic E-state index is 12.8. The molecule has 3 rings (SSSR count). The van der Waals surface area contributed by atoms with E-state index in [2.05, 4.69) is 14.8 Å². The van der Waals surface area contributed by atoms with Gasteiger partial charge in [-0.15, -0.1) is 0 Å². The van der Waals surface area contributed by atoms with Crippen LogP contribution in [0.3, 0.4) is 0 Å². The summed E-state index contributed by atoms with van der Waals surface area (Å²) in [7, 11) is -4.24. The highest BCUT2D eigenvalue weighted by atomic mass is 32.2. The zero-order valence-corrected chi connectivity index (χ0v) is 19.2. The summed E-state index contributed by atoms with van der Waals surface area (Å²) in [5.41, 5.74) is -0.0852. The zero-order chi connectivity index (χ0) is 25.6. The van der Waals surface area contributed by atoms with Gasteiger partial charge in [-0.3, -0.25) is 9.59 Å². The van der Waals surface area contributed by atoms with Crippen molar-refractivity contribution in [2.24, 2.45) is 0 Å². The van der Waals surface area contributed by atoms with Crippen molar-refractivity contribution in [3.8, 4) is 5.75 Å². The number of carbonyl (C=O) groups is 2. The number of rotatable bonds is 10. The van der Waals surface area contributed by atoms with Gasteiger partial charge in [-0.2, -0.15) is 13.5 Å². The lowest BCUT2D eigenvalue weighted by Crippen LogP contribution is -2.48. The number of alkyl halides is 2. The molecule has 12 heteroatoms. The fourth-order valence-electron chi connectivity index (χ4n) is 3.09. The lowest BCUT2D eigenvalue weighted by atomic mass is 10.1. The summed E-state index contributed by atoms with van der Waals surface area (Å²) < 4.78 is 61.9. The standard InChI is InChI=1S/C23H22F2N2O7S/c1-14(28)21(27-35(31,32)17-11-10-15-6-2-3-7-16(15)12-17)22(30)33-13-20(29)26-18-8-4-5-9-19(18)34-23(24)25/h2-12,14,21,23,27-28H,13H2,1H3,(H,26,29). The van der Waals surface area contributed by atoms with Gasteiger partial charge in [-0.05, 0) is 42.0 Å². The summed E-state index contributed by atoms with van der Waals surface area (Å²) in [4.78, 5) is 24.5. The van der Waals surface area contributed by atoms with E-state index in [-0.39, 0.29) is 16.3 Å². The summed E-state index contributed by atoms with van der Waals surface area (Å²) >= 11 is 0. The van der Waals surface area contributed by atoms with Crippen LogP contribution in [0.25, 0.3) is 10.8 Å². The molecule has 0 heterocycles. The molecule has 0 aliphatic carbocycles. The van der Waals surface area contributed by atoms with Crippen molar-refractivity contribution in [1.82, 2.24) is 4.72 Å². The number of benzene rings is 3. The van der Waals surface area contributed by atoms with Gasteiger partial charge in [0.15, 0.2) is 6.61 Å². The summed E-state index contributed by atoms with van der Waals surface area (Å²) in [6.07, 6.45) is -1.50. The Balaban J connectivity index is 1.66. The van der Waals surface area contributed by atoms with Crippen molar-refractivity contribution < 1.29 is 41.4 Å². The topological polar surface area (TPSA) is 131 Å². The van der Waals surface area contributed by atoms with Gasteiger partial charge in [-0.25, -0.2) is 8.42 Å². The number of aliphatic hydroxyl groups is 1. The molecule has 1 amide bonds. The van der Waals surface area contributed by atoms with Crippen LogP contribution in [0.2, 0.25) is 0 Å². The van der Waals surface area contributed by atoms with Crippen molar-refractivity contribution in [3.63, 3.8) is 0 Å². The van der Waals surface area contributed by atoms with E-state index >= 15 is 0 Å². The van der Waals surface area contributed by atoms with Gasteiger partial charge in [0.2, 0.25) is 10.0 Å². The lowest BCUT2D eigenvalue weighted by Gasteiger charge is -2.20. The number of hydrogen-bond donors (Lipinski definition) is 3. The number of sulfonamides is 1. The number of amides is 1. The van der Waals surface area contributed by atoms with E-state index in [1.165, 1.54) is 43.3 Å². The molecule has 0 saturated heterocycles. The number of anilines is 1. The molecule has 0 aliphatic rings. The zero-order valence-electron chi connectivity index (χ0n) is 18.4. The third-order valence-electron chi connectivity index (χ3n) is 4.77. The smallest absolute Gasteiger partial charge is 0.387 e. The minimum atomic E-state index is -4.24. The van der Waals surface area contributed by atoms with Crippen molar-refractivity contribution in [3.05, 3.63) is 66.7 Å². The van der Waals surface area contributed by atoms with Crippen LogP contribution in [-0.2, 0) is 24.3 Å². The van der Waals surface area contributed by atoms with Crippen LogP contribution >= 0.6 is 0 Å². The normalized spacial score (nSPS) is 13.3. The molecule has 0 bridgehead atoms. The highest BCUT2D eigenvalue weighted by Gasteiger charge is 2.31. The number of esters is 1. The molecule has 2 unspecified atom stereocenters. The fraction of sp³-hybridized carbons (Fsp3) is 0.217. The molecule has 3 aromatic carbocycles. The Morgan fingerprint density at radius 3 is 2.34 bits per heavy atom. The molecule has 0 saturated carbocycles. The van der Waals surface area contributed by atoms with Gasteiger partial charge in [0.05, 0.1) is 16.7 Å². The second kappa shape index (κ2) is 11.2. The Morgan fingerprint density at radius 1 is 1.00 bits per heavy atom. The molecule has 0 fully saturated rings. The molecule has 2 atom stereocenters. The third kappa shape index (κ3) is 6.94. The van der Waals surface area contributed by atoms with E-state index in [1.54, 1.807) is 30.3 Å². The largest absolute Gasteiger partial charge is 0.454 e. The average molecular weight is 508 g/mol. The summed E-state index contributed by atoms with van der Waals surface area (Å²) in [5.74, 6) is -2.41. The number of nitrogens with one attached hydrogen (secondary N) is 2. The number of aliphatic hydroxyl groups excluding tert-OH is 1. The first-order valence-electron chi connectivity index (χ1n) is 10.3. The monoisotopic (exact) mass is 508 g/mol. The van der Waals surface area contributed by atoms with E-state index in [0.717, 1.165) is 5.39 Å². The molecular weight excluding hydrogens is 486 g/mol. The molecule has 0 aliphatic heterocycles. The predicted octanol–water partition coefficient (Wildman–Crippen LogP) is 2.65. The van der Waals surface area contributed by atoms with Gasteiger partial charge in [0.25, 0.3) is 5.91 Å². The Kier molecular flexibility index (Phi) is 8.33. The summed E-state index contributed by atoms with van der Waals surface area (Å²) in [6, 6.07) is 15.1. The van der Waals surface area contributed by atoms with Crippen LogP contribution in [0.1, 0.15) is 6.92 Å². The van der Waals surface area contributed by atoms with Crippen LogP contribution < -0.4 is 14.8 Å². The van der Waals surface area contributed by atoms with E-state index < -0.39 is 47.3 Å². The van der Waals surface area contributed by atoms with Crippen LogP contribution in [-0.4, -0.2) is 50.8 Å². The average Bonchev–Trinajstić information content (AvgIpc) is 2.81. The number of halogens is 2. The van der Waals surface area contributed by atoms with Crippen LogP contribution in [0, 0.1) is 0 Å². The van der Waals surface area contributed by atoms with E-state index in [1.807, 2.05) is 0 Å². The first-order valence-corrected chi connectivity index (χ1v) is 11.7. The van der Waals surface area contributed by atoms with Crippen molar-refractivity contribution in [1.29, 1.82) is 0 Å². The van der Waals surface area contributed by atoms with Crippen molar-refractivity contribution >= 4 is 38.4 Å². The first-order chi connectivity index (χ1) is 16.6. The second-order valence-electron chi connectivity index (χ2n) is 7.38. The molecular formula is C23H22F2N2O7S. The maximum Gasteiger partial charge on any atom is 0.387 e. The summed E-state index contributed by atoms with van der Waals surface area (Å²) in [5, 5.41) is 13.7. The predicted molar refractivity (Wildman–Crippen MR) is 122 cm³/mol. The fourth-order valence-corrected chi connectivity index (χ4v) is 4.39. The number of ether oxygens (including phenoxy) is 2. The molecule has 3 aromatic rings. The number of hydrogen-bond acceptors (Lipinski definition) is 7. The lowest BCUT2D eigenvalue weighted by molar-refractivity contribution is -0.151. The highest BCUT2D eigenvalue weighted by molar-refractivity contribution is 7.89. The molecule has 35 heavy (non-hydrogen) atoms. The molecule has 0 spiro atoms. The maximum atomic E-state index is 12.8. The van der Waals surface area contributed by atoms with Gasteiger partial charge in [0, 0.05) is 0 Å². The van der Waals surface area contributed by atoms with Gasteiger partial charge >= 0.3 is 12.6 Å². The van der Waals surface area contributed by atoms with Gasteiger partial charge in [-0.1, -0.05) is 42.5 Å². The van der Waals surface area contributed by atoms with Gasteiger partial charge < -0.3 is 19.9 Å². The van der Waals surface area contributed by atoms with Crippen LogP contribution in [0.5, 0.6) is 5.75 Å². The van der Waals surface area contributed by atoms with E-state index in [0.29, 0.717) is 5.39 Å². The quantitative estimate of drug-likeness (QED) is 0.359. The number of carbonyl (C=O) groups excluding carboxylic acids is 2. The third-order valence-corrected chi connectivity index (χ3v) is 6.21. The molecule has 3 N–H and O–H groups in total. The summed E-state index contributed by atoms with van der Waals surface area (Å²) in [6.45, 7) is -2.82. The Labute approximate surface area is 199 Å². The Hall–Kier alpha value is -3.61. The molecule has 9 nitrogen and oxygen atoms in total. The Bertz CT molecular complexity index is 1320. The number of para-hydroxylation sites is 2. The molecule has 0 radical (unpaired) electrons. The minimum absolute atomic E-state index is 0.0852. The van der Waals surface area contributed by atoms with E-state index in [9.17, 15) is 31.9 Å². The number of fused-ring (bicyclic) bond motifs is 1. The van der Waals surface area contributed by atoms with Crippen LogP contribution in [0.4, 0.5) is 14.5 Å². The van der Waals surface area contributed by atoms with Crippen LogP contribution in [0.15, 0.2) is 71.6 Å². The first kappa shape index (κ1) is 26.0. The Morgan fingerprint density at radius 2 is 1.66 bits per heavy atom. The molecule has 0 aromatic heterocycles. The van der Waals surface area contributed by atoms with E-state index in [4.69, 9.17) is 4.74 Å². The highest BCUT2D eigenvalue weighted by Crippen LogP contribution is 2.25.